The van der Waals surface area contributed by atoms with E-state index in [0.717, 1.165) is 5.56 Å². The highest BCUT2D eigenvalue weighted by molar-refractivity contribution is 7.98. The zero-order valence-corrected chi connectivity index (χ0v) is 19.4. The van der Waals surface area contributed by atoms with Crippen molar-refractivity contribution >= 4 is 33.6 Å². The third-order valence-corrected chi connectivity index (χ3v) is 7.09. The number of nitrogens with zero attached hydrogens (tertiary/aromatic N) is 2. The number of methoxy groups -OCH3 is 1. The summed E-state index contributed by atoms with van der Waals surface area (Å²) in [6.07, 6.45) is 2.63. The van der Waals surface area contributed by atoms with Crippen LogP contribution in [0, 0.1) is 0 Å². The molecule has 0 radical (unpaired) electrons. The summed E-state index contributed by atoms with van der Waals surface area (Å²) in [7, 11) is -1.89. The van der Waals surface area contributed by atoms with Gasteiger partial charge in [0, 0.05) is 26.2 Å². The average molecular weight is 458 g/mol. The Balaban J connectivity index is 1.93. The Morgan fingerprint density at radius 3 is 2.47 bits per heavy atom. The van der Waals surface area contributed by atoms with E-state index in [-0.39, 0.29) is 24.0 Å². The van der Waals surface area contributed by atoms with Crippen LogP contribution in [0.3, 0.4) is 0 Å². The van der Waals surface area contributed by atoms with Crippen molar-refractivity contribution in [1.29, 1.82) is 0 Å². The first-order valence-corrected chi connectivity index (χ1v) is 13.0. The van der Waals surface area contributed by atoms with Crippen molar-refractivity contribution < 1.29 is 22.7 Å². The van der Waals surface area contributed by atoms with Gasteiger partial charge in [-0.05, 0) is 43.0 Å². The van der Waals surface area contributed by atoms with Gasteiger partial charge in [-0.1, -0.05) is 12.1 Å². The number of thioether (sulfide) groups is 1. The molecular formula is C20H31N3O5S2. The number of carbonyl (C=O) groups excluding carboxylic acids is 2. The molecule has 1 heterocycles. The molecule has 1 aliphatic heterocycles. The quantitative estimate of drug-likeness (QED) is 0.563. The lowest BCUT2D eigenvalue weighted by molar-refractivity contribution is -0.140. The molecule has 1 aromatic rings. The minimum absolute atomic E-state index is 0.000899. The molecule has 2 amide bonds. The van der Waals surface area contributed by atoms with Crippen LogP contribution in [0.5, 0.6) is 5.75 Å². The molecule has 1 atom stereocenters. The van der Waals surface area contributed by atoms with Crippen molar-refractivity contribution in [3.8, 4) is 5.75 Å². The fourth-order valence-electron chi connectivity index (χ4n) is 3.23. The van der Waals surface area contributed by atoms with Crippen LogP contribution in [0.4, 0.5) is 0 Å². The number of sulfonamides is 1. The number of carbonyl (C=O) groups is 2. The lowest BCUT2D eigenvalue weighted by Crippen LogP contribution is -2.56. The second-order valence-electron chi connectivity index (χ2n) is 7.09. The van der Waals surface area contributed by atoms with Crippen molar-refractivity contribution in [3.05, 3.63) is 29.8 Å². The van der Waals surface area contributed by atoms with Gasteiger partial charge >= 0.3 is 0 Å². The van der Waals surface area contributed by atoms with Gasteiger partial charge in [0.15, 0.2) is 0 Å². The van der Waals surface area contributed by atoms with E-state index >= 15 is 0 Å². The second kappa shape index (κ2) is 11.6. The fourth-order valence-corrected chi connectivity index (χ4v) is 4.52. The third-order valence-electron chi connectivity index (χ3n) is 5.04. The van der Waals surface area contributed by atoms with Gasteiger partial charge < -0.3 is 14.5 Å². The minimum Gasteiger partial charge on any atom is -0.497 e. The Kier molecular flexibility index (Phi) is 9.44. The lowest BCUT2D eigenvalue weighted by atomic mass is 10.1. The van der Waals surface area contributed by atoms with E-state index in [1.807, 2.05) is 30.5 Å². The Morgan fingerprint density at radius 2 is 1.87 bits per heavy atom. The average Bonchev–Trinajstić information content (AvgIpc) is 2.76. The Morgan fingerprint density at radius 1 is 1.20 bits per heavy atom. The fraction of sp³-hybridized carbons (Fsp3) is 0.600. The molecule has 1 fully saturated rings. The smallest absolute Gasteiger partial charge is 0.240 e. The molecule has 1 aliphatic rings. The second-order valence-corrected chi connectivity index (χ2v) is 10.1. The van der Waals surface area contributed by atoms with Gasteiger partial charge in [-0.3, -0.25) is 9.59 Å². The molecular weight excluding hydrogens is 426 g/mol. The molecule has 2 rings (SSSR count). The molecule has 0 saturated carbocycles. The molecule has 0 bridgehead atoms. The van der Waals surface area contributed by atoms with Crippen LogP contribution in [0.1, 0.15) is 18.9 Å². The Hall–Kier alpha value is -1.78. The highest BCUT2D eigenvalue weighted by Crippen LogP contribution is 2.15. The summed E-state index contributed by atoms with van der Waals surface area (Å²) in [6, 6.07) is 6.65. The predicted octanol–water partition coefficient (Wildman–Crippen LogP) is 0.970. The molecule has 0 aromatic heterocycles. The molecule has 10 heteroatoms. The van der Waals surface area contributed by atoms with E-state index in [2.05, 4.69) is 4.72 Å². The van der Waals surface area contributed by atoms with Gasteiger partial charge in [0.2, 0.25) is 21.8 Å². The SMILES string of the molecule is CCS(=O)(=O)NC(CCSC)C(=O)N1CCN(C(=O)Cc2cccc(OC)c2)CC1. The summed E-state index contributed by atoms with van der Waals surface area (Å²) in [6.45, 7) is 3.21. The number of hydrogen-bond donors (Lipinski definition) is 1. The maximum absolute atomic E-state index is 12.9. The number of benzene rings is 1. The highest BCUT2D eigenvalue weighted by atomic mass is 32.2. The summed E-state index contributed by atoms with van der Waals surface area (Å²) in [4.78, 5) is 28.9. The van der Waals surface area contributed by atoms with Gasteiger partial charge in [-0.15, -0.1) is 0 Å². The van der Waals surface area contributed by atoms with E-state index in [0.29, 0.717) is 44.1 Å². The normalized spacial score (nSPS) is 15.7. The number of ether oxygens (including phenoxy) is 1. The molecule has 1 N–H and O–H groups in total. The molecule has 0 spiro atoms. The van der Waals surface area contributed by atoms with E-state index in [4.69, 9.17) is 4.74 Å². The van der Waals surface area contributed by atoms with Crippen LogP contribution in [0.2, 0.25) is 0 Å². The molecule has 1 saturated heterocycles. The molecule has 30 heavy (non-hydrogen) atoms. The topological polar surface area (TPSA) is 96.0 Å². The largest absolute Gasteiger partial charge is 0.497 e. The monoisotopic (exact) mass is 457 g/mol. The molecule has 0 aliphatic carbocycles. The van der Waals surface area contributed by atoms with Gasteiger partial charge in [0.05, 0.1) is 19.3 Å². The van der Waals surface area contributed by atoms with Crippen LogP contribution in [-0.4, -0.2) is 87.1 Å². The number of piperazine rings is 1. The maximum atomic E-state index is 12.9. The predicted molar refractivity (Wildman–Crippen MR) is 119 cm³/mol. The summed E-state index contributed by atoms with van der Waals surface area (Å²) < 4.78 is 31.7. The van der Waals surface area contributed by atoms with E-state index in [1.165, 1.54) is 0 Å². The Bertz CT molecular complexity index is 823. The van der Waals surface area contributed by atoms with Crippen molar-refractivity contribution in [2.75, 3.05) is 51.1 Å². The highest BCUT2D eigenvalue weighted by Gasteiger charge is 2.30. The van der Waals surface area contributed by atoms with Gasteiger partial charge in [0.25, 0.3) is 0 Å². The standard InChI is InChI=1S/C20H31N3O5S2/c1-4-30(26,27)21-18(8-13-29-3)20(25)23-11-9-22(10-12-23)19(24)15-16-6-5-7-17(14-16)28-2/h5-7,14,18,21H,4,8-13,15H2,1-3H3. The third kappa shape index (κ3) is 7.17. The number of nitrogens with one attached hydrogen (secondary N) is 1. The lowest BCUT2D eigenvalue weighted by Gasteiger charge is -2.36. The zero-order chi connectivity index (χ0) is 22.1. The summed E-state index contributed by atoms with van der Waals surface area (Å²) in [5.41, 5.74) is 0.879. The summed E-state index contributed by atoms with van der Waals surface area (Å²) in [5, 5.41) is 0. The molecule has 168 valence electrons. The number of rotatable bonds is 10. The van der Waals surface area contributed by atoms with E-state index in [1.54, 1.807) is 35.6 Å². The zero-order valence-electron chi connectivity index (χ0n) is 17.8. The van der Waals surface area contributed by atoms with Gasteiger partial charge in [0.1, 0.15) is 11.8 Å². The Labute approximate surface area is 183 Å². The maximum Gasteiger partial charge on any atom is 0.240 e. The van der Waals surface area contributed by atoms with Crippen LogP contribution in [0.25, 0.3) is 0 Å². The van der Waals surface area contributed by atoms with E-state index < -0.39 is 16.1 Å². The molecule has 1 aromatic carbocycles. The molecule has 1 unspecified atom stereocenters. The van der Waals surface area contributed by atoms with Crippen LogP contribution < -0.4 is 9.46 Å². The minimum atomic E-state index is -3.48. The summed E-state index contributed by atoms with van der Waals surface area (Å²) >= 11 is 1.57. The van der Waals surface area contributed by atoms with Crippen LogP contribution >= 0.6 is 11.8 Å². The van der Waals surface area contributed by atoms with Crippen molar-refractivity contribution in [2.45, 2.75) is 25.8 Å². The van der Waals surface area contributed by atoms with Crippen molar-refractivity contribution in [1.82, 2.24) is 14.5 Å². The first-order valence-electron chi connectivity index (χ1n) is 9.98. The van der Waals surface area contributed by atoms with Crippen molar-refractivity contribution in [3.63, 3.8) is 0 Å². The van der Waals surface area contributed by atoms with Crippen molar-refractivity contribution in [2.24, 2.45) is 0 Å². The van der Waals surface area contributed by atoms with Crippen LogP contribution in [-0.2, 0) is 26.0 Å². The van der Waals surface area contributed by atoms with Gasteiger partial charge in [-0.2, -0.15) is 11.8 Å². The summed E-state index contributed by atoms with van der Waals surface area (Å²) in [5.74, 6) is 1.10. The van der Waals surface area contributed by atoms with Crippen LogP contribution in [0.15, 0.2) is 24.3 Å². The van der Waals surface area contributed by atoms with E-state index in [9.17, 15) is 18.0 Å². The van der Waals surface area contributed by atoms with Gasteiger partial charge in [-0.25, -0.2) is 13.1 Å². The first kappa shape index (κ1) is 24.5. The molecule has 8 nitrogen and oxygen atoms in total. The first-order chi connectivity index (χ1) is 14.3. The number of hydrogen-bond acceptors (Lipinski definition) is 6. The number of amides is 2.